The molecule has 32 heavy (non-hydrogen) atoms. The molecule has 0 bridgehead atoms. The van der Waals surface area contributed by atoms with E-state index in [0.717, 1.165) is 32.5 Å². The van der Waals surface area contributed by atoms with E-state index in [-0.39, 0.29) is 12.1 Å². The molecule has 6 rings (SSSR count). The van der Waals surface area contributed by atoms with Crippen LogP contribution in [0.4, 0.5) is 0 Å². The van der Waals surface area contributed by atoms with Crippen molar-refractivity contribution in [2.75, 3.05) is 0 Å². The first kappa shape index (κ1) is 19.2. The zero-order valence-electron chi connectivity index (χ0n) is 17.0. The van der Waals surface area contributed by atoms with Crippen molar-refractivity contribution in [3.8, 4) is 5.13 Å². The minimum Gasteiger partial charge on any atom is -0.467 e. The second kappa shape index (κ2) is 7.89. The van der Waals surface area contributed by atoms with Gasteiger partial charge in [0.25, 0.3) is 0 Å². The summed E-state index contributed by atoms with van der Waals surface area (Å²) >= 11 is 7.46. The highest BCUT2D eigenvalue weighted by Crippen LogP contribution is 2.41. The lowest BCUT2D eigenvalue weighted by Gasteiger charge is -2.27. The van der Waals surface area contributed by atoms with Gasteiger partial charge >= 0.3 is 0 Å². The maximum absolute atomic E-state index is 5.78. The lowest BCUT2D eigenvalue weighted by Crippen LogP contribution is -2.29. The third-order valence-corrected chi connectivity index (χ3v) is 7.06. The number of thiazole rings is 1. The van der Waals surface area contributed by atoms with E-state index in [1.54, 1.807) is 17.6 Å². The molecule has 4 aromatic heterocycles. The molecular weight excluding hydrogens is 438 g/mol. The van der Waals surface area contributed by atoms with Crippen molar-refractivity contribution < 1.29 is 4.42 Å². The number of benzene rings is 1. The van der Waals surface area contributed by atoms with Crippen molar-refractivity contribution >= 4 is 38.9 Å². The van der Waals surface area contributed by atoms with Crippen LogP contribution in [0.15, 0.2) is 89.8 Å². The Morgan fingerprint density at radius 3 is 2.75 bits per heavy atom. The van der Waals surface area contributed by atoms with Crippen molar-refractivity contribution in [3.63, 3.8) is 0 Å². The van der Waals surface area contributed by atoms with E-state index in [4.69, 9.17) is 21.6 Å². The Morgan fingerprint density at radius 2 is 1.94 bits per heavy atom. The molecule has 8 heteroatoms. The smallest absolute Gasteiger partial charge is 0.194 e. The normalized spacial score (nSPS) is 18.4. The molecule has 1 N–H and O–H groups in total. The highest BCUT2D eigenvalue weighted by molar-refractivity contribution is 7.80. The summed E-state index contributed by atoms with van der Waals surface area (Å²) in [6.45, 7) is 0.567. The number of para-hydroxylation sites is 1. The third-order valence-electron chi connectivity index (χ3n) is 5.68. The molecule has 6 nitrogen and oxygen atoms in total. The molecule has 0 aliphatic carbocycles. The molecule has 5 aromatic rings. The number of pyridine rings is 1. The van der Waals surface area contributed by atoms with E-state index in [2.05, 4.69) is 44.2 Å². The van der Waals surface area contributed by atoms with E-state index in [1.165, 1.54) is 0 Å². The summed E-state index contributed by atoms with van der Waals surface area (Å²) in [4.78, 5) is 11.7. The average molecular weight is 458 g/mol. The zero-order valence-corrected chi connectivity index (χ0v) is 18.6. The predicted molar refractivity (Wildman–Crippen MR) is 129 cm³/mol. The molecule has 2 atom stereocenters. The molecule has 1 aromatic carbocycles. The minimum absolute atomic E-state index is 0.0792. The summed E-state index contributed by atoms with van der Waals surface area (Å²) in [7, 11) is 0. The summed E-state index contributed by atoms with van der Waals surface area (Å²) in [5.74, 6) is 0.860. The molecular formula is C24H19N5OS2. The van der Waals surface area contributed by atoms with Gasteiger partial charge in [0.2, 0.25) is 0 Å². The van der Waals surface area contributed by atoms with Gasteiger partial charge in [0, 0.05) is 12.4 Å². The van der Waals surface area contributed by atoms with Crippen LogP contribution in [0.1, 0.15) is 29.2 Å². The number of hydrogen-bond donors (Lipinski definition) is 1. The minimum atomic E-state index is -0.0957. The molecule has 1 fully saturated rings. The topological polar surface area (TPSA) is 59.1 Å². The molecule has 1 saturated heterocycles. The van der Waals surface area contributed by atoms with Crippen LogP contribution in [0.25, 0.3) is 15.3 Å². The predicted octanol–water partition coefficient (Wildman–Crippen LogP) is 5.25. The number of aromatic nitrogens is 3. The van der Waals surface area contributed by atoms with Crippen molar-refractivity contribution in [2.45, 2.75) is 18.6 Å². The summed E-state index contributed by atoms with van der Waals surface area (Å²) in [6.07, 6.45) is 5.57. The Balaban J connectivity index is 1.47. The van der Waals surface area contributed by atoms with E-state index in [9.17, 15) is 0 Å². The molecule has 1 aliphatic heterocycles. The first-order valence-electron chi connectivity index (χ1n) is 10.3. The highest BCUT2D eigenvalue weighted by Gasteiger charge is 2.41. The summed E-state index contributed by atoms with van der Waals surface area (Å²) < 4.78 is 8.97. The van der Waals surface area contributed by atoms with Gasteiger partial charge in [-0.25, -0.2) is 4.98 Å². The van der Waals surface area contributed by atoms with Crippen LogP contribution in [0.3, 0.4) is 0 Å². The van der Waals surface area contributed by atoms with Crippen LogP contribution in [0, 0.1) is 0 Å². The first-order valence-corrected chi connectivity index (χ1v) is 11.5. The van der Waals surface area contributed by atoms with E-state index in [1.807, 2.05) is 54.7 Å². The summed E-state index contributed by atoms with van der Waals surface area (Å²) in [5, 5.41) is 5.11. The van der Waals surface area contributed by atoms with Gasteiger partial charge in [-0.15, -0.1) is 0 Å². The maximum atomic E-state index is 5.78. The Kier molecular flexibility index (Phi) is 4.74. The van der Waals surface area contributed by atoms with Gasteiger partial charge in [0.05, 0.1) is 46.5 Å². The van der Waals surface area contributed by atoms with Crippen molar-refractivity contribution in [3.05, 3.63) is 103 Å². The van der Waals surface area contributed by atoms with Gasteiger partial charge in [-0.2, -0.15) is 0 Å². The second-order valence-electron chi connectivity index (χ2n) is 7.60. The molecule has 0 spiro atoms. The van der Waals surface area contributed by atoms with Gasteiger partial charge in [-0.3, -0.25) is 9.55 Å². The average Bonchev–Trinajstić information content (AvgIpc) is 3.61. The fraction of sp³-hybridized carbons (Fsp3) is 0.125. The Hall–Kier alpha value is -3.49. The quantitative estimate of drug-likeness (QED) is 0.364. The lowest BCUT2D eigenvalue weighted by molar-refractivity contribution is 0.280. The number of nitrogens with zero attached hydrogens (tertiary/aromatic N) is 4. The number of furan rings is 1. The molecule has 5 heterocycles. The third kappa shape index (κ3) is 3.28. The standard InChI is InChI=1S/C24H19N5OS2/c31-23-27-21(18-9-3-4-12-25-18)22(29(23)15-16-7-6-14-30-16)19-10-5-13-28(19)24-26-17-8-1-2-11-20(17)32-24/h1-14,21-22H,15H2,(H,27,31)/t21-,22-/m0/s1. The van der Waals surface area contributed by atoms with Gasteiger partial charge in [0.15, 0.2) is 10.2 Å². The van der Waals surface area contributed by atoms with Crippen molar-refractivity contribution in [2.24, 2.45) is 0 Å². The molecule has 158 valence electrons. The van der Waals surface area contributed by atoms with Crippen molar-refractivity contribution in [1.82, 2.24) is 24.8 Å². The first-order chi connectivity index (χ1) is 15.8. The van der Waals surface area contributed by atoms with Crippen LogP contribution in [-0.4, -0.2) is 24.5 Å². The Morgan fingerprint density at radius 1 is 1.03 bits per heavy atom. The fourth-order valence-corrected chi connectivity index (χ4v) is 5.52. The van der Waals surface area contributed by atoms with E-state index >= 15 is 0 Å². The zero-order chi connectivity index (χ0) is 21.5. The number of hydrogen-bond acceptors (Lipinski definition) is 5. The molecule has 1 aliphatic rings. The summed E-state index contributed by atoms with van der Waals surface area (Å²) in [5.41, 5.74) is 3.04. The molecule has 0 radical (unpaired) electrons. The van der Waals surface area contributed by atoms with Crippen molar-refractivity contribution in [1.29, 1.82) is 0 Å². The number of nitrogens with one attached hydrogen (secondary N) is 1. The van der Waals surface area contributed by atoms with Crippen LogP contribution < -0.4 is 5.32 Å². The monoisotopic (exact) mass is 457 g/mol. The summed E-state index contributed by atoms with van der Waals surface area (Å²) in [6, 6.07) is 22.1. The molecule has 0 saturated carbocycles. The van der Waals surface area contributed by atoms with Gasteiger partial charge < -0.3 is 14.6 Å². The SMILES string of the molecule is S=C1N[C@@H](c2ccccn2)[C@H](c2cccn2-c2nc3ccccc3s2)N1Cc1ccco1. The van der Waals surface area contributed by atoms with Gasteiger partial charge in [-0.1, -0.05) is 29.5 Å². The van der Waals surface area contributed by atoms with Gasteiger partial charge in [-0.05, 0) is 60.7 Å². The van der Waals surface area contributed by atoms with Crippen LogP contribution in [-0.2, 0) is 6.54 Å². The van der Waals surface area contributed by atoms with E-state index in [0.29, 0.717) is 11.7 Å². The Bertz CT molecular complexity index is 1340. The van der Waals surface area contributed by atoms with Crippen LogP contribution in [0.2, 0.25) is 0 Å². The van der Waals surface area contributed by atoms with Crippen LogP contribution >= 0.6 is 23.6 Å². The number of rotatable bonds is 5. The largest absolute Gasteiger partial charge is 0.467 e. The van der Waals surface area contributed by atoms with Gasteiger partial charge in [0.1, 0.15) is 5.76 Å². The van der Waals surface area contributed by atoms with Crippen LogP contribution in [0.5, 0.6) is 0 Å². The molecule has 0 amide bonds. The fourth-order valence-electron chi connectivity index (χ4n) is 4.24. The highest BCUT2D eigenvalue weighted by atomic mass is 32.1. The lowest BCUT2D eigenvalue weighted by atomic mass is 10.0. The number of fused-ring (bicyclic) bond motifs is 1. The van der Waals surface area contributed by atoms with E-state index < -0.39 is 0 Å². The second-order valence-corrected chi connectivity index (χ2v) is 9.00. The Labute approximate surface area is 194 Å². The number of thiocarbonyl (C=S) groups is 1. The maximum Gasteiger partial charge on any atom is 0.194 e. The molecule has 0 unspecified atom stereocenters.